The molecule has 0 bridgehead atoms. The number of carboxylic acids is 1. The third-order valence-electron chi connectivity index (χ3n) is 10.7. The minimum absolute atomic E-state index is 0.0384. The lowest BCUT2D eigenvalue weighted by Crippen LogP contribution is -2.53. The number of phenolic OH excluding ortho intramolecular Hbond substituents is 1. The molecular weight excluding hydrogens is 685 g/mol. The number of carboxylic acid groups (broad SMARTS) is 1. The Balaban J connectivity index is 1.47. The van der Waals surface area contributed by atoms with E-state index in [4.69, 9.17) is 21.1 Å². The highest BCUT2D eigenvalue weighted by molar-refractivity contribution is 6.30. The summed E-state index contributed by atoms with van der Waals surface area (Å²) >= 11 is 6.32. The first kappa shape index (κ1) is 34.0. The van der Waals surface area contributed by atoms with Crippen molar-refractivity contribution in [2.24, 2.45) is 23.7 Å². The van der Waals surface area contributed by atoms with Gasteiger partial charge >= 0.3 is 5.97 Å². The Bertz CT molecular complexity index is 2000. The van der Waals surface area contributed by atoms with Crippen LogP contribution in [0, 0.1) is 29.5 Å². The zero-order chi connectivity index (χ0) is 36.4. The van der Waals surface area contributed by atoms with Gasteiger partial charge in [0.2, 0.25) is 11.8 Å². The minimum atomic E-state index is -1.75. The fourth-order valence-electron chi connectivity index (χ4n) is 8.63. The molecule has 12 nitrogen and oxygen atoms in total. The summed E-state index contributed by atoms with van der Waals surface area (Å²) in [5.74, 6) is -8.76. The summed E-state index contributed by atoms with van der Waals surface area (Å²) in [6, 6.07) is 14.5. The van der Waals surface area contributed by atoms with Crippen molar-refractivity contribution in [3.63, 3.8) is 0 Å². The van der Waals surface area contributed by atoms with Gasteiger partial charge in [0, 0.05) is 35.2 Å². The van der Waals surface area contributed by atoms with E-state index in [9.17, 15) is 33.8 Å². The number of nitrogens with one attached hydrogen (secondary N) is 1. The monoisotopic (exact) mass is 717 g/mol. The van der Waals surface area contributed by atoms with Crippen molar-refractivity contribution < 1.29 is 48.0 Å². The molecule has 2 heterocycles. The highest BCUT2D eigenvalue weighted by Gasteiger charge is 2.71. The number of allylic oxidation sites excluding steroid dienone is 2. The van der Waals surface area contributed by atoms with E-state index in [1.807, 2.05) is 0 Å². The fraction of sp³-hybridized carbons (Fsp3) is 0.324. The van der Waals surface area contributed by atoms with E-state index in [-0.39, 0.29) is 47.9 Å². The molecule has 0 aromatic heterocycles. The quantitative estimate of drug-likeness (QED) is 0.210. The van der Waals surface area contributed by atoms with Gasteiger partial charge in [0.25, 0.3) is 11.8 Å². The summed E-state index contributed by atoms with van der Waals surface area (Å²) in [4.78, 5) is 70.0. The number of rotatable bonds is 9. The Morgan fingerprint density at radius 3 is 2.33 bits per heavy atom. The molecule has 1 saturated carbocycles. The van der Waals surface area contributed by atoms with Crippen molar-refractivity contribution in [2.75, 3.05) is 26.2 Å². The average molecular weight is 718 g/mol. The number of nitrogens with zero attached hydrogens (tertiary/aromatic N) is 2. The van der Waals surface area contributed by atoms with Gasteiger partial charge in [0.15, 0.2) is 0 Å². The van der Waals surface area contributed by atoms with Gasteiger partial charge in [0.1, 0.15) is 23.1 Å². The van der Waals surface area contributed by atoms with Crippen LogP contribution in [-0.4, -0.2) is 70.5 Å². The number of likely N-dealkylation sites (tertiary alicyclic amines) is 1. The molecular formula is C37H33ClFN3O9. The van der Waals surface area contributed by atoms with Gasteiger partial charge in [-0.2, -0.15) is 5.01 Å². The molecule has 3 fully saturated rings. The Morgan fingerprint density at radius 1 is 0.980 bits per heavy atom. The summed E-state index contributed by atoms with van der Waals surface area (Å²) < 4.78 is 25.0. The first-order valence-electron chi connectivity index (χ1n) is 16.3. The van der Waals surface area contributed by atoms with E-state index < -0.39 is 76.8 Å². The van der Waals surface area contributed by atoms with Crippen LogP contribution in [0.15, 0.2) is 72.3 Å². The number of phenols is 1. The Kier molecular flexibility index (Phi) is 8.49. The number of hydrogen-bond acceptors (Lipinski definition) is 9. The van der Waals surface area contributed by atoms with Crippen LogP contribution in [0.5, 0.6) is 17.2 Å². The van der Waals surface area contributed by atoms with Crippen molar-refractivity contribution >= 4 is 46.9 Å². The molecule has 51 heavy (non-hydrogen) atoms. The number of carbonyl (C=O) groups excluding carboxylic acids is 4. The number of halogens is 2. The molecule has 4 aliphatic rings. The van der Waals surface area contributed by atoms with Gasteiger partial charge in [-0.1, -0.05) is 35.4 Å². The van der Waals surface area contributed by atoms with E-state index in [1.165, 1.54) is 44.6 Å². The summed E-state index contributed by atoms with van der Waals surface area (Å²) in [5, 5.41) is 22.3. The van der Waals surface area contributed by atoms with Crippen molar-refractivity contribution in [1.82, 2.24) is 9.91 Å². The lowest BCUT2D eigenvalue weighted by Gasteiger charge is -2.50. The van der Waals surface area contributed by atoms with E-state index in [2.05, 4.69) is 5.43 Å². The van der Waals surface area contributed by atoms with E-state index in [0.717, 1.165) is 9.91 Å². The number of carbonyl (C=O) groups is 5. The van der Waals surface area contributed by atoms with Gasteiger partial charge < -0.3 is 19.7 Å². The molecule has 4 amide bonds. The van der Waals surface area contributed by atoms with Crippen LogP contribution in [0.25, 0.3) is 0 Å². The van der Waals surface area contributed by atoms with Crippen molar-refractivity contribution in [3.8, 4) is 17.2 Å². The number of hydrogen-bond donors (Lipinski definition) is 3. The number of ether oxygens (including phenoxy) is 2. The first-order valence-corrected chi connectivity index (χ1v) is 16.7. The Hall–Kier alpha value is -5.43. The van der Waals surface area contributed by atoms with Gasteiger partial charge in [0.05, 0.1) is 49.5 Å². The predicted molar refractivity (Wildman–Crippen MR) is 179 cm³/mol. The lowest BCUT2D eigenvalue weighted by molar-refractivity contribution is -0.143. The molecule has 0 radical (unpaired) electrons. The number of aliphatic carboxylic acids is 1. The molecule has 0 unspecified atom stereocenters. The molecule has 14 heteroatoms. The van der Waals surface area contributed by atoms with Crippen LogP contribution in [0.4, 0.5) is 10.1 Å². The standard InChI is InChI=1S/C37H33ClFN3O9/c1-50-22-15-27(43)31(28(16-22)51-2)32-23-11-12-24-30(35(48)41(33(24)46)14-13-29(44)45)25(23)17-26-34(47)42(40-21-9-7-20(39)8-10-21)36(49)37(26,32)18-3-5-19(38)6-4-18/h3-11,15-16,24-26,30,32,40,43H,12-14,17H2,1-2H3,(H,44,45)/t24-,25+,26-,30-,32+,37+/m0/s1. The zero-order valence-corrected chi connectivity index (χ0v) is 28.2. The van der Waals surface area contributed by atoms with Crippen molar-refractivity contribution in [2.45, 2.75) is 30.6 Å². The molecule has 7 rings (SSSR count). The molecule has 264 valence electrons. The molecule has 3 N–H and O–H groups in total. The Morgan fingerprint density at radius 2 is 1.69 bits per heavy atom. The number of hydrazine groups is 1. The average Bonchev–Trinajstić information content (AvgIpc) is 3.48. The maximum Gasteiger partial charge on any atom is 0.305 e. The smallest absolute Gasteiger partial charge is 0.305 e. The maximum atomic E-state index is 15.2. The Labute approximate surface area is 296 Å². The number of benzene rings is 3. The number of anilines is 1. The van der Waals surface area contributed by atoms with Gasteiger partial charge in [-0.15, -0.1) is 0 Å². The first-order chi connectivity index (χ1) is 24.4. The van der Waals surface area contributed by atoms with Crippen LogP contribution in [0.2, 0.25) is 5.02 Å². The van der Waals surface area contributed by atoms with Crippen LogP contribution >= 0.6 is 11.6 Å². The van der Waals surface area contributed by atoms with Gasteiger partial charge in [-0.3, -0.25) is 34.3 Å². The summed E-state index contributed by atoms with van der Waals surface area (Å²) in [6.07, 6.45) is 1.43. The fourth-order valence-corrected chi connectivity index (χ4v) is 8.75. The van der Waals surface area contributed by atoms with E-state index >= 15 is 4.79 Å². The molecule has 3 aromatic carbocycles. The largest absolute Gasteiger partial charge is 0.507 e. The molecule has 6 atom stereocenters. The number of amides is 4. The van der Waals surface area contributed by atoms with Crippen LogP contribution in [-0.2, 0) is 29.4 Å². The lowest BCUT2D eigenvalue weighted by atomic mass is 9.49. The third-order valence-corrected chi connectivity index (χ3v) is 11.0. The number of fused-ring (bicyclic) bond motifs is 4. The highest BCUT2D eigenvalue weighted by atomic mass is 35.5. The van der Waals surface area contributed by atoms with Crippen molar-refractivity contribution in [1.29, 1.82) is 0 Å². The predicted octanol–water partition coefficient (Wildman–Crippen LogP) is 4.66. The SMILES string of the molecule is COc1cc(O)c([C@H]2C3=CC[C@@H]4C(=O)N(CCC(=O)O)C(=O)[C@@H]4[C@@H]3C[C@H]3C(=O)N(Nc4ccc(F)cc4)C(=O)[C@@]23c2ccc(Cl)cc2)c(OC)c1. The number of imide groups is 2. The van der Waals surface area contributed by atoms with Gasteiger partial charge in [-0.05, 0) is 60.7 Å². The minimum Gasteiger partial charge on any atom is -0.507 e. The summed E-state index contributed by atoms with van der Waals surface area (Å²) in [5.41, 5.74) is 2.48. The second-order valence-electron chi connectivity index (χ2n) is 13.1. The molecule has 2 saturated heterocycles. The maximum absolute atomic E-state index is 15.2. The van der Waals surface area contributed by atoms with Crippen LogP contribution in [0.3, 0.4) is 0 Å². The molecule has 2 aliphatic heterocycles. The third kappa shape index (κ3) is 5.21. The number of aromatic hydroxyl groups is 1. The van der Waals surface area contributed by atoms with Gasteiger partial charge in [-0.25, -0.2) is 4.39 Å². The van der Waals surface area contributed by atoms with E-state index in [1.54, 1.807) is 36.4 Å². The van der Waals surface area contributed by atoms with Crippen LogP contribution < -0.4 is 14.9 Å². The van der Waals surface area contributed by atoms with Crippen molar-refractivity contribution in [3.05, 3.63) is 94.3 Å². The summed E-state index contributed by atoms with van der Waals surface area (Å²) in [7, 11) is 2.80. The summed E-state index contributed by atoms with van der Waals surface area (Å²) in [6.45, 7) is -0.302. The van der Waals surface area contributed by atoms with Crippen LogP contribution in [0.1, 0.15) is 36.3 Å². The molecule has 2 aliphatic carbocycles. The normalized spacial score (nSPS) is 26.7. The zero-order valence-electron chi connectivity index (χ0n) is 27.5. The molecule has 0 spiro atoms. The van der Waals surface area contributed by atoms with E-state index in [0.29, 0.717) is 16.2 Å². The topological polar surface area (TPSA) is 163 Å². The second kappa shape index (κ2) is 12.7. The number of methoxy groups -OCH3 is 2. The second-order valence-corrected chi connectivity index (χ2v) is 13.5. The highest BCUT2D eigenvalue weighted by Crippen LogP contribution is 2.66. The molecule has 3 aromatic rings.